The van der Waals surface area contributed by atoms with Crippen LogP contribution in [0.2, 0.25) is 0 Å². The number of hydrogen-bond donors (Lipinski definition) is 2. The highest BCUT2D eigenvalue weighted by Crippen LogP contribution is 2.22. The van der Waals surface area contributed by atoms with E-state index in [-0.39, 0.29) is 35.9 Å². The highest BCUT2D eigenvalue weighted by molar-refractivity contribution is 7.81. The zero-order valence-corrected chi connectivity index (χ0v) is 17.6. The summed E-state index contributed by atoms with van der Waals surface area (Å²) in [4.78, 5) is 37.6. The minimum atomic E-state index is -0.797. The average Bonchev–Trinajstić information content (AvgIpc) is 2.61. The number of benzene rings is 1. The molecule has 2 amide bonds. The first-order chi connectivity index (χ1) is 13.5. The molecule has 0 aliphatic carbocycles. The van der Waals surface area contributed by atoms with Gasteiger partial charge in [0.25, 0.3) is 5.91 Å². The lowest BCUT2D eigenvalue weighted by molar-refractivity contribution is -0.126. The number of anilines is 1. The third-order valence-corrected chi connectivity index (χ3v) is 4.12. The molecule has 1 aliphatic heterocycles. The second-order valence-electron chi connectivity index (χ2n) is 7.26. The molecular weight excluding hydrogens is 396 g/mol. The zero-order chi connectivity index (χ0) is 21.8. The Bertz CT molecular complexity index is 855. The van der Waals surface area contributed by atoms with Gasteiger partial charge in [0.15, 0.2) is 0 Å². The van der Waals surface area contributed by atoms with E-state index in [1.54, 1.807) is 52.0 Å². The Hall–Kier alpha value is -2.94. The molecule has 0 fully saturated rings. The van der Waals surface area contributed by atoms with Crippen LogP contribution < -0.4 is 5.32 Å². The highest BCUT2D eigenvalue weighted by Gasteiger charge is 2.36. The minimum absolute atomic E-state index is 0.0000690. The Morgan fingerprint density at radius 1 is 1.24 bits per heavy atom. The van der Waals surface area contributed by atoms with E-state index in [4.69, 9.17) is 21.7 Å². The lowest BCUT2D eigenvalue weighted by atomic mass is 10.1. The van der Waals surface area contributed by atoms with E-state index in [0.29, 0.717) is 11.3 Å². The van der Waals surface area contributed by atoms with Crippen molar-refractivity contribution in [3.05, 3.63) is 41.2 Å². The topological polar surface area (TPSA) is 105 Å². The van der Waals surface area contributed by atoms with Gasteiger partial charge >= 0.3 is 12.1 Å². The van der Waals surface area contributed by atoms with Gasteiger partial charge in [-0.3, -0.25) is 4.79 Å². The molecule has 1 heterocycles. The normalized spacial score (nSPS) is 14.5. The summed E-state index contributed by atoms with van der Waals surface area (Å²) in [5, 5.41) is 13.0. The molecule has 1 aliphatic rings. The second kappa shape index (κ2) is 9.04. The van der Waals surface area contributed by atoms with Crippen LogP contribution in [0.5, 0.6) is 0 Å². The summed E-state index contributed by atoms with van der Waals surface area (Å²) in [6.45, 7) is 7.07. The lowest BCUT2D eigenvalue weighted by Crippen LogP contribution is -2.46. The maximum atomic E-state index is 12.7. The van der Waals surface area contributed by atoms with Crippen LogP contribution in [0, 0.1) is 0 Å². The van der Waals surface area contributed by atoms with Gasteiger partial charge in [-0.15, -0.1) is 0 Å². The van der Waals surface area contributed by atoms with Crippen LogP contribution in [0.25, 0.3) is 0 Å². The molecule has 0 saturated carbocycles. The van der Waals surface area contributed by atoms with Crippen molar-refractivity contribution in [2.45, 2.75) is 39.7 Å². The first-order valence-corrected chi connectivity index (χ1v) is 9.49. The monoisotopic (exact) mass is 420 g/mol. The quantitative estimate of drug-likeness (QED) is 0.562. The summed E-state index contributed by atoms with van der Waals surface area (Å²) < 4.78 is 10.2. The van der Waals surface area contributed by atoms with E-state index >= 15 is 0 Å². The van der Waals surface area contributed by atoms with Gasteiger partial charge in [0, 0.05) is 18.7 Å². The summed E-state index contributed by atoms with van der Waals surface area (Å²) in [6, 6.07) is 6.28. The Morgan fingerprint density at radius 2 is 1.86 bits per heavy atom. The van der Waals surface area contributed by atoms with Crippen LogP contribution in [0.3, 0.4) is 0 Å². The summed E-state index contributed by atoms with van der Waals surface area (Å²) >= 11 is 5.27. The number of carbonyl (C=O) groups is 3. The van der Waals surface area contributed by atoms with E-state index in [2.05, 4.69) is 5.32 Å². The molecule has 156 valence electrons. The van der Waals surface area contributed by atoms with E-state index in [1.165, 1.54) is 0 Å². The van der Waals surface area contributed by atoms with Gasteiger partial charge in [0.05, 0.1) is 12.2 Å². The van der Waals surface area contributed by atoms with Crippen molar-refractivity contribution in [3.63, 3.8) is 0 Å². The fourth-order valence-electron chi connectivity index (χ4n) is 2.52. The predicted octanol–water partition coefficient (Wildman–Crippen LogP) is 3.58. The Morgan fingerprint density at radius 3 is 2.41 bits per heavy atom. The molecule has 0 atom stereocenters. The van der Waals surface area contributed by atoms with Gasteiger partial charge < -0.3 is 19.9 Å². The molecule has 0 bridgehead atoms. The standard InChI is InChI=1S/C20H24N2O6S/c1-5-27-18(25)12-6-8-13(9-7-12)21-16(29)15-14(23)10-11-22(17(15)24)19(26)28-20(2,3)4/h6-9,23H,5,10-11H2,1-4H3,(H,21,29). The number of aliphatic hydroxyl groups excluding tert-OH is 1. The molecule has 1 aromatic rings. The average molecular weight is 420 g/mol. The number of carbonyl (C=O) groups excluding carboxylic acids is 3. The van der Waals surface area contributed by atoms with Crippen molar-refractivity contribution in [2.24, 2.45) is 0 Å². The zero-order valence-electron chi connectivity index (χ0n) is 16.8. The molecule has 1 aromatic carbocycles. The van der Waals surface area contributed by atoms with Crippen molar-refractivity contribution >= 4 is 40.9 Å². The number of rotatable bonds is 4. The van der Waals surface area contributed by atoms with Crippen LogP contribution in [0.1, 0.15) is 44.5 Å². The number of nitrogens with zero attached hydrogens (tertiary/aromatic N) is 1. The molecule has 0 saturated heterocycles. The Kier molecular flexibility index (Phi) is 6.97. The number of thiocarbonyl (C=S) groups is 1. The van der Waals surface area contributed by atoms with Gasteiger partial charge in [-0.05, 0) is 52.0 Å². The summed E-state index contributed by atoms with van der Waals surface area (Å²) in [5.41, 5.74) is -0.0486. The number of ether oxygens (including phenoxy) is 2. The van der Waals surface area contributed by atoms with Crippen LogP contribution in [0.15, 0.2) is 35.6 Å². The predicted molar refractivity (Wildman–Crippen MR) is 111 cm³/mol. The number of amides is 2. The molecular formula is C20H24N2O6S. The van der Waals surface area contributed by atoms with Crippen molar-refractivity contribution in [1.82, 2.24) is 4.90 Å². The van der Waals surface area contributed by atoms with Crippen molar-refractivity contribution in [1.29, 1.82) is 0 Å². The molecule has 2 N–H and O–H groups in total. The number of esters is 1. The second-order valence-corrected chi connectivity index (χ2v) is 7.67. The Balaban J connectivity index is 2.13. The van der Waals surface area contributed by atoms with Crippen molar-refractivity contribution in [2.75, 3.05) is 18.5 Å². The van der Waals surface area contributed by atoms with E-state index in [9.17, 15) is 19.5 Å². The van der Waals surface area contributed by atoms with Gasteiger partial charge in [-0.1, -0.05) is 12.2 Å². The first kappa shape index (κ1) is 22.4. The largest absolute Gasteiger partial charge is 0.511 e. The lowest BCUT2D eigenvalue weighted by Gasteiger charge is -2.29. The summed E-state index contributed by atoms with van der Waals surface area (Å²) in [5.74, 6) is -1.38. The molecule has 0 unspecified atom stereocenters. The fourth-order valence-corrected chi connectivity index (χ4v) is 2.84. The smallest absolute Gasteiger partial charge is 0.417 e. The first-order valence-electron chi connectivity index (χ1n) is 9.09. The van der Waals surface area contributed by atoms with Crippen LogP contribution in [0.4, 0.5) is 10.5 Å². The van der Waals surface area contributed by atoms with E-state index < -0.39 is 23.6 Å². The number of aliphatic hydroxyl groups is 1. The molecule has 0 radical (unpaired) electrons. The molecule has 8 nitrogen and oxygen atoms in total. The number of hydrogen-bond acceptors (Lipinski definition) is 7. The highest BCUT2D eigenvalue weighted by atomic mass is 32.1. The van der Waals surface area contributed by atoms with Gasteiger partial charge in [0.2, 0.25) is 0 Å². The van der Waals surface area contributed by atoms with Crippen LogP contribution in [-0.4, -0.2) is 51.7 Å². The van der Waals surface area contributed by atoms with Crippen LogP contribution >= 0.6 is 12.2 Å². The summed E-state index contributed by atoms with van der Waals surface area (Å²) in [6.07, 6.45) is -0.724. The minimum Gasteiger partial charge on any atom is -0.511 e. The fraction of sp³-hybridized carbons (Fsp3) is 0.400. The van der Waals surface area contributed by atoms with Crippen LogP contribution in [-0.2, 0) is 14.3 Å². The maximum absolute atomic E-state index is 12.7. The maximum Gasteiger partial charge on any atom is 0.417 e. The molecule has 0 aromatic heterocycles. The molecule has 9 heteroatoms. The number of nitrogens with one attached hydrogen (secondary N) is 1. The van der Waals surface area contributed by atoms with E-state index in [1.807, 2.05) is 0 Å². The molecule has 29 heavy (non-hydrogen) atoms. The van der Waals surface area contributed by atoms with Gasteiger partial charge in [0.1, 0.15) is 21.9 Å². The van der Waals surface area contributed by atoms with Crippen molar-refractivity contribution < 1.29 is 29.0 Å². The van der Waals surface area contributed by atoms with Gasteiger partial charge in [-0.2, -0.15) is 0 Å². The Labute approximate surface area is 174 Å². The van der Waals surface area contributed by atoms with E-state index in [0.717, 1.165) is 4.90 Å². The van der Waals surface area contributed by atoms with Crippen molar-refractivity contribution in [3.8, 4) is 0 Å². The van der Waals surface area contributed by atoms with Gasteiger partial charge in [-0.25, -0.2) is 14.5 Å². The molecule has 2 rings (SSSR count). The molecule has 0 spiro atoms. The number of imide groups is 1. The summed E-state index contributed by atoms with van der Waals surface area (Å²) in [7, 11) is 0. The third-order valence-electron chi connectivity index (χ3n) is 3.81. The third kappa shape index (κ3) is 5.77. The SMILES string of the molecule is CCOC(=O)c1ccc(NC(=S)C2=C(O)CCN(C(=O)OC(C)(C)C)C2=O)cc1.